The zero-order valence-corrected chi connectivity index (χ0v) is 11.6. The molecule has 17 heavy (non-hydrogen) atoms. The molecule has 8 heteroatoms. The van der Waals surface area contributed by atoms with Crippen LogP contribution in [0.2, 0.25) is 17.1 Å². The van der Waals surface area contributed by atoms with Crippen molar-refractivity contribution in [3.63, 3.8) is 0 Å². The summed E-state index contributed by atoms with van der Waals surface area (Å²) in [6, 6.07) is 6.99. The van der Waals surface area contributed by atoms with E-state index in [4.69, 9.17) is 15.3 Å². The first kappa shape index (κ1) is 15.4. The van der Waals surface area contributed by atoms with Crippen LogP contribution in [-0.2, 0) is 0 Å². The van der Waals surface area contributed by atoms with Crippen molar-refractivity contribution in [1.29, 1.82) is 0 Å². The third kappa shape index (κ3) is 6.52. The molecule has 7 nitrogen and oxygen atoms in total. The van der Waals surface area contributed by atoms with Gasteiger partial charge in [-0.1, -0.05) is 0 Å². The van der Waals surface area contributed by atoms with E-state index in [1.165, 1.54) is 6.07 Å². The Balaban J connectivity index is 0.000000557. The number of nitro benzene ring substituents is 1. The minimum atomic E-state index is -1.75. The van der Waals surface area contributed by atoms with Crippen LogP contribution in [0, 0.1) is 25.4 Å². The normalized spacial score (nSPS) is 10.1. The molecule has 0 fully saturated rings. The summed E-state index contributed by atoms with van der Waals surface area (Å²) in [5.74, 6) is 0. The van der Waals surface area contributed by atoms with Gasteiger partial charge in [-0.15, -0.1) is 0 Å². The monoisotopic (exact) mass is 304 g/mol. The van der Waals surface area contributed by atoms with Gasteiger partial charge in [0.2, 0.25) is 0 Å². The van der Waals surface area contributed by atoms with Gasteiger partial charge in [-0.2, -0.15) is 0 Å². The zero-order chi connectivity index (χ0) is 13.6. The topological polar surface area (TPSA) is 109 Å². The second kappa shape index (κ2) is 6.20. The van der Waals surface area contributed by atoms with Gasteiger partial charge >= 0.3 is 80.0 Å². The average Bonchev–Trinajstić information content (AvgIpc) is 2.15. The van der Waals surface area contributed by atoms with Crippen LogP contribution in [0.4, 0.5) is 5.69 Å². The summed E-state index contributed by atoms with van der Waals surface area (Å²) in [6.07, 6.45) is 0. The maximum absolute atomic E-state index is 10.5. The summed E-state index contributed by atoms with van der Waals surface area (Å²) in [4.78, 5) is 18.4. The molecule has 0 aliphatic carbocycles. The van der Waals surface area contributed by atoms with E-state index >= 15 is 0 Å². The van der Waals surface area contributed by atoms with Gasteiger partial charge in [0.25, 0.3) is 0 Å². The summed E-state index contributed by atoms with van der Waals surface area (Å²) < 4.78 is 1.16. The van der Waals surface area contributed by atoms with Crippen LogP contribution >= 0.6 is 0 Å². The van der Waals surface area contributed by atoms with Crippen molar-refractivity contribution in [2.75, 3.05) is 0 Å². The van der Waals surface area contributed by atoms with Gasteiger partial charge in [0.15, 0.2) is 0 Å². The van der Waals surface area contributed by atoms with Gasteiger partial charge in [-0.05, 0) is 0 Å². The predicted molar refractivity (Wildman–Crippen MR) is 66.4 cm³/mol. The molecule has 0 heterocycles. The number of nitrogens with zero attached hydrogens (tertiary/aromatic N) is 2. The van der Waals surface area contributed by atoms with Crippen LogP contribution in [0.25, 0.3) is 0 Å². The summed E-state index contributed by atoms with van der Waals surface area (Å²) in [5, 5.41) is 25.3. The molecular weight excluding hydrogens is 291 g/mol. The Morgan fingerprint density at radius 1 is 1.06 bits per heavy atom. The molecule has 0 aliphatic heterocycles. The molecule has 0 amide bonds. The number of benzene rings is 1. The zero-order valence-electron chi connectivity index (χ0n) is 9.69. The first-order valence-corrected chi connectivity index (χ1v) is 11.1. The van der Waals surface area contributed by atoms with Gasteiger partial charge in [0.05, 0.1) is 5.09 Å². The van der Waals surface area contributed by atoms with Crippen molar-refractivity contribution >= 4 is 23.6 Å². The van der Waals surface area contributed by atoms with Crippen molar-refractivity contribution in [1.82, 2.24) is 0 Å². The van der Waals surface area contributed by atoms with Crippen LogP contribution in [0.15, 0.2) is 24.3 Å². The molecule has 94 valence electrons. The van der Waals surface area contributed by atoms with Gasteiger partial charge < -0.3 is 15.3 Å². The summed E-state index contributed by atoms with van der Waals surface area (Å²) in [6.45, 7) is 0. The molecule has 1 rings (SSSR count). The van der Waals surface area contributed by atoms with E-state index in [1.54, 1.807) is 12.1 Å². The fourth-order valence-corrected chi connectivity index (χ4v) is 3.23. The largest absolute Gasteiger partial charge is 0.356 e. The molecule has 0 unspecified atom stereocenters. The van der Waals surface area contributed by atoms with Crippen LogP contribution < -0.4 is 4.35 Å². The summed E-state index contributed by atoms with van der Waals surface area (Å²) in [7, 11) is 0. The Kier molecular flexibility index (Phi) is 5.61. The molecule has 0 atom stereocenters. The smallest absolute Gasteiger partial charge is 0.0689 e. The molecule has 0 spiro atoms. The van der Waals surface area contributed by atoms with Crippen LogP contribution in [0.5, 0.6) is 0 Å². The Morgan fingerprint density at radius 2 is 1.53 bits per heavy atom. The Morgan fingerprint density at radius 3 is 1.88 bits per heavy atom. The molecule has 0 aliphatic rings. The molecule has 0 bridgehead atoms. The predicted octanol–water partition coefficient (Wildman–Crippen LogP) is 1.90. The molecule has 1 aromatic carbocycles. The molecule has 0 saturated carbocycles. The summed E-state index contributed by atoms with van der Waals surface area (Å²) in [5.41, 5.74) is 6.82. The summed E-state index contributed by atoms with van der Waals surface area (Å²) >= 11 is -1.74. The molecule has 0 N–H and O–H groups in total. The molecule has 1 aromatic rings. The van der Waals surface area contributed by atoms with E-state index in [9.17, 15) is 10.1 Å². The van der Waals surface area contributed by atoms with E-state index in [1.807, 2.05) is 6.07 Å². The average molecular weight is 304 g/mol. The molecule has 0 radical (unpaired) electrons. The first-order valence-electron chi connectivity index (χ1n) is 4.52. The maximum atomic E-state index is 10.5. The van der Waals surface area contributed by atoms with E-state index < -0.39 is 18.6 Å². The van der Waals surface area contributed by atoms with Crippen LogP contribution in [-0.4, -0.2) is 23.6 Å². The van der Waals surface area contributed by atoms with E-state index in [0.717, 1.165) is 4.35 Å². The standard InChI is InChI=1S/C9H13AsNO2.NO3/c1-10(2,3)8-5-4-6-9(7-8)11(12)13;2-1(3)4/h4-7H,1-3H3;/q+1;-1. The number of nitro groups is 1. The van der Waals surface area contributed by atoms with Crippen molar-refractivity contribution in [2.45, 2.75) is 17.1 Å². The number of non-ortho nitro benzene ring substituents is 1. The third-order valence-electron chi connectivity index (χ3n) is 1.82. The van der Waals surface area contributed by atoms with Crippen molar-refractivity contribution in [3.05, 3.63) is 49.7 Å². The van der Waals surface area contributed by atoms with Gasteiger partial charge in [0.1, 0.15) is 0 Å². The number of hydrogen-bond acceptors (Lipinski definition) is 5. The van der Waals surface area contributed by atoms with Crippen molar-refractivity contribution in [3.8, 4) is 0 Å². The van der Waals surface area contributed by atoms with Crippen LogP contribution in [0.1, 0.15) is 0 Å². The second-order valence-corrected chi connectivity index (χ2v) is 13.5. The fraction of sp³-hybridized carbons (Fsp3) is 0.333. The minimum absolute atomic E-state index is 0.203. The second-order valence-electron chi connectivity index (χ2n) is 4.01. The minimum Gasteiger partial charge on any atom is -0.356 e. The third-order valence-corrected chi connectivity index (χ3v) is 5.65. The van der Waals surface area contributed by atoms with Crippen LogP contribution in [0.3, 0.4) is 0 Å². The number of hydrogen-bond donors (Lipinski definition) is 0. The van der Waals surface area contributed by atoms with Crippen molar-refractivity contribution < 1.29 is 10.0 Å². The van der Waals surface area contributed by atoms with Gasteiger partial charge in [-0.3, -0.25) is 0 Å². The van der Waals surface area contributed by atoms with E-state index in [2.05, 4.69) is 17.1 Å². The number of rotatable bonds is 2. The molecule has 0 aromatic heterocycles. The fourth-order valence-electron chi connectivity index (χ4n) is 1.02. The maximum Gasteiger partial charge on any atom is 0.0689 e. The first-order chi connectivity index (χ1) is 7.64. The van der Waals surface area contributed by atoms with E-state index in [0.29, 0.717) is 0 Å². The van der Waals surface area contributed by atoms with Gasteiger partial charge in [0, 0.05) is 0 Å². The SMILES string of the molecule is C[As+](C)(C)c1cccc([N+](=O)[O-])c1.O=[N+]([O-])[O-]. The quantitative estimate of drug-likeness (QED) is 0.471. The molecule has 0 saturated heterocycles. The van der Waals surface area contributed by atoms with Crippen molar-refractivity contribution in [2.24, 2.45) is 0 Å². The Labute approximate surface area is 101 Å². The van der Waals surface area contributed by atoms with Gasteiger partial charge in [-0.25, -0.2) is 0 Å². The molecular formula is C9H13AsN2O5. The Bertz CT molecular complexity index is 412. The Hall–Kier alpha value is -1.62. The van der Waals surface area contributed by atoms with E-state index in [-0.39, 0.29) is 10.6 Å².